The Balaban J connectivity index is 2.23. The minimum absolute atomic E-state index is 0.124. The van der Waals surface area contributed by atoms with E-state index in [1.165, 1.54) is 12.1 Å². The molecule has 0 aliphatic heterocycles. The molecule has 0 radical (unpaired) electrons. The van der Waals surface area contributed by atoms with E-state index < -0.39 is 33.9 Å². The molecular formula is C21H23F3O3. The molecule has 3 rings (SSSR count). The number of benzene rings is 2. The van der Waals surface area contributed by atoms with E-state index >= 15 is 0 Å². The number of alkyl halides is 3. The van der Waals surface area contributed by atoms with Crippen LogP contribution >= 0.6 is 0 Å². The van der Waals surface area contributed by atoms with Gasteiger partial charge in [0, 0.05) is 11.0 Å². The monoisotopic (exact) mass is 380 g/mol. The van der Waals surface area contributed by atoms with Crippen LogP contribution in [0.3, 0.4) is 0 Å². The summed E-state index contributed by atoms with van der Waals surface area (Å²) in [5.41, 5.74) is -2.44. The molecule has 6 heteroatoms. The Bertz CT molecular complexity index is 883. The predicted octanol–water partition coefficient (Wildman–Crippen LogP) is 4.85. The van der Waals surface area contributed by atoms with Gasteiger partial charge in [0.2, 0.25) is 0 Å². The first-order chi connectivity index (χ1) is 12.2. The van der Waals surface area contributed by atoms with Crippen molar-refractivity contribution < 1.29 is 28.5 Å². The fourth-order valence-corrected chi connectivity index (χ4v) is 4.31. The summed E-state index contributed by atoms with van der Waals surface area (Å²) >= 11 is 0. The zero-order chi connectivity index (χ0) is 20.4. The van der Waals surface area contributed by atoms with Crippen molar-refractivity contribution in [3.8, 4) is 11.5 Å². The second-order valence-corrected chi connectivity index (χ2v) is 8.42. The van der Waals surface area contributed by atoms with Crippen LogP contribution in [-0.2, 0) is 16.4 Å². The van der Waals surface area contributed by atoms with E-state index in [1.54, 1.807) is 24.3 Å². The Labute approximate surface area is 156 Å². The Morgan fingerprint density at radius 2 is 1.48 bits per heavy atom. The van der Waals surface area contributed by atoms with Crippen molar-refractivity contribution in [2.45, 2.75) is 56.7 Å². The van der Waals surface area contributed by atoms with Gasteiger partial charge in [-0.3, -0.25) is 0 Å². The molecular weight excluding hydrogens is 357 g/mol. The Hall–Kier alpha value is -2.21. The highest BCUT2D eigenvalue weighted by atomic mass is 19.4. The number of rotatable bonds is 2. The summed E-state index contributed by atoms with van der Waals surface area (Å²) in [6.07, 6.45) is -4.31. The molecule has 1 aliphatic rings. The second kappa shape index (κ2) is 5.64. The maximum atomic E-state index is 13.3. The molecule has 0 saturated heterocycles. The third kappa shape index (κ3) is 2.87. The summed E-state index contributed by atoms with van der Waals surface area (Å²) in [4.78, 5) is 0. The van der Waals surface area contributed by atoms with Crippen molar-refractivity contribution in [3.05, 3.63) is 58.7 Å². The molecule has 2 aromatic rings. The van der Waals surface area contributed by atoms with Gasteiger partial charge in [-0.05, 0) is 59.7 Å². The van der Waals surface area contributed by atoms with Crippen molar-refractivity contribution in [3.63, 3.8) is 0 Å². The van der Waals surface area contributed by atoms with Crippen LogP contribution in [0.15, 0.2) is 36.4 Å². The highest BCUT2D eigenvalue weighted by Crippen LogP contribution is 2.55. The summed E-state index contributed by atoms with van der Waals surface area (Å²) in [7, 11) is 0. The maximum absolute atomic E-state index is 13.3. The highest BCUT2D eigenvalue weighted by molar-refractivity contribution is 5.57. The van der Waals surface area contributed by atoms with E-state index in [9.17, 15) is 28.5 Å². The van der Waals surface area contributed by atoms with Gasteiger partial charge < -0.3 is 15.3 Å². The van der Waals surface area contributed by atoms with Gasteiger partial charge in [-0.15, -0.1) is 0 Å². The number of hydrogen-bond donors (Lipinski definition) is 3. The Morgan fingerprint density at radius 3 is 2.00 bits per heavy atom. The van der Waals surface area contributed by atoms with Gasteiger partial charge in [0.1, 0.15) is 11.5 Å². The number of halogens is 3. The molecule has 0 fully saturated rings. The lowest BCUT2D eigenvalue weighted by Crippen LogP contribution is -2.39. The van der Waals surface area contributed by atoms with E-state index in [-0.39, 0.29) is 5.75 Å². The average Bonchev–Trinajstić information content (AvgIpc) is 2.72. The van der Waals surface area contributed by atoms with Crippen LogP contribution in [0.1, 0.15) is 56.4 Å². The van der Waals surface area contributed by atoms with Gasteiger partial charge in [-0.2, -0.15) is 13.2 Å². The van der Waals surface area contributed by atoms with Crippen LogP contribution in [0, 0.1) is 0 Å². The van der Waals surface area contributed by atoms with Crippen LogP contribution in [0.4, 0.5) is 13.2 Å². The lowest BCUT2D eigenvalue weighted by atomic mass is 9.75. The third-order valence-corrected chi connectivity index (χ3v) is 5.84. The summed E-state index contributed by atoms with van der Waals surface area (Å²) < 4.78 is 39.9. The van der Waals surface area contributed by atoms with Crippen LogP contribution < -0.4 is 0 Å². The van der Waals surface area contributed by atoms with Gasteiger partial charge >= 0.3 is 6.18 Å². The van der Waals surface area contributed by atoms with Gasteiger partial charge in [-0.25, -0.2) is 0 Å². The number of phenolic OH excluding ortho intramolecular Hbond substituents is 2. The molecule has 1 aliphatic carbocycles. The minimum atomic E-state index is -4.91. The molecule has 2 unspecified atom stereocenters. The molecule has 3 nitrogen and oxygen atoms in total. The zero-order valence-corrected chi connectivity index (χ0v) is 15.6. The standard InChI is InChI=1S/C21H23F3O3/c1-18(2)11-19(3,12-5-7-13(25)8-6-12)15-10-17(26)16(9-14(15)18)20(4,27)21(22,23)24/h5-10,25-27H,11H2,1-4H3. The lowest BCUT2D eigenvalue weighted by Gasteiger charge is -2.30. The van der Waals surface area contributed by atoms with Crippen molar-refractivity contribution in [1.29, 1.82) is 0 Å². The molecule has 2 aromatic carbocycles. The first-order valence-electron chi connectivity index (χ1n) is 8.67. The van der Waals surface area contributed by atoms with Crippen molar-refractivity contribution in [2.24, 2.45) is 0 Å². The summed E-state index contributed by atoms with van der Waals surface area (Å²) in [6, 6.07) is 9.30. The quantitative estimate of drug-likeness (QED) is 0.698. The fraction of sp³-hybridized carbons (Fsp3) is 0.429. The molecule has 0 aromatic heterocycles. The zero-order valence-electron chi connectivity index (χ0n) is 15.6. The van der Waals surface area contributed by atoms with E-state index in [4.69, 9.17) is 0 Å². The van der Waals surface area contributed by atoms with Gasteiger partial charge in [-0.1, -0.05) is 32.9 Å². The molecule has 27 heavy (non-hydrogen) atoms. The van der Waals surface area contributed by atoms with E-state index in [2.05, 4.69) is 0 Å². The summed E-state index contributed by atoms with van der Waals surface area (Å²) in [5.74, 6) is -0.460. The van der Waals surface area contributed by atoms with Gasteiger partial charge in [0.05, 0.1) is 0 Å². The Morgan fingerprint density at radius 1 is 0.926 bits per heavy atom. The lowest BCUT2D eigenvalue weighted by molar-refractivity contribution is -0.259. The second-order valence-electron chi connectivity index (χ2n) is 8.42. The predicted molar refractivity (Wildman–Crippen MR) is 95.9 cm³/mol. The van der Waals surface area contributed by atoms with E-state index in [1.807, 2.05) is 20.8 Å². The topological polar surface area (TPSA) is 60.7 Å². The highest BCUT2D eigenvalue weighted by Gasteiger charge is 2.54. The van der Waals surface area contributed by atoms with Crippen molar-refractivity contribution >= 4 is 0 Å². The van der Waals surface area contributed by atoms with Crippen molar-refractivity contribution in [2.75, 3.05) is 0 Å². The van der Waals surface area contributed by atoms with Crippen molar-refractivity contribution in [1.82, 2.24) is 0 Å². The van der Waals surface area contributed by atoms with Crippen LogP contribution in [0.2, 0.25) is 0 Å². The molecule has 0 bridgehead atoms. The average molecular weight is 380 g/mol. The molecule has 0 saturated carbocycles. The van der Waals surface area contributed by atoms with Gasteiger partial charge in [0.15, 0.2) is 5.60 Å². The normalized spacial score (nSPS) is 23.7. The van der Waals surface area contributed by atoms with E-state index in [0.29, 0.717) is 18.9 Å². The SMILES string of the molecule is CC1(C)CC(C)(c2ccc(O)cc2)c2cc(O)c(C(C)(O)C(F)(F)F)cc21. The molecule has 2 atom stereocenters. The first-order valence-corrected chi connectivity index (χ1v) is 8.67. The van der Waals surface area contributed by atoms with Crippen LogP contribution in [0.5, 0.6) is 11.5 Å². The summed E-state index contributed by atoms with van der Waals surface area (Å²) in [5, 5.41) is 30.0. The van der Waals surface area contributed by atoms with Crippen LogP contribution in [0.25, 0.3) is 0 Å². The maximum Gasteiger partial charge on any atom is 0.421 e. The Kier molecular flexibility index (Phi) is 4.09. The third-order valence-electron chi connectivity index (χ3n) is 5.84. The number of phenols is 2. The molecule has 0 amide bonds. The molecule has 146 valence electrons. The fourth-order valence-electron chi connectivity index (χ4n) is 4.31. The van der Waals surface area contributed by atoms with Crippen LogP contribution in [-0.4, -0.2) is 21.5 Å². The number of fused-ring (bicyclic) bond motifs is 1. The number of hydrogen-bond acceptors (Lipinski definition) is 3. The molecule has 3 N–H and O–H groups in total. The van der Waals surface area contributed by atoms with E-state index in [0.717, 1.165) is 11.1 Å². The first kappa shape index (κ1) is 19.5. The smallest absolute Gasteiger partial charge is 0.421 e. The number of aromatic hydroxyl groups is 2. The van der Waals surface area contributed by atoms with Gasteiger partial charge in [0.25, 0.3) is 0 Å². The minimum Gasteiger partial charge on any atom is -0.508 e. The molecule has 0 spiro atoms. The summed E-state index contributed by atoms with van der Waals surface area (Å²) in [6.45, 7) is 6.48. The molecule has 0 heterocycles. The largest absolute Gasteiger partial charge is 0.508 e. The number of aliphatic hydroxyl groups is 1.